The second kappa shape index (κ2) is 10.8. The molecule has 243 valence electrons. The third-order valence-electron chi connectivity index (χ3n) is 8.08. The van der Waals surface area contributed by atoms with Crippen LogP contribution in [0.1, 0.15) is 0 Å². The third-order valence-corrected chi connectivity index (χ3v) is 9.82. The summed E-state index contributed by atoms with van der Waals surface area (Å²) in [5.74, 6) is 1.01. The number of rotatable bonds is 2. The van der Waals surface area contributed by atoms with Crippen molar-refractivity contribution in [2.24, 2.45) is 5.14 Å². The van der Waals surface area contributed by atoms with Crippen molar-refractivity contribution < 1.29 is 38.5 Å². The molecule has 0 amide bonds. The Morgan fingerprint density at radius 1 is 0.490 bits per heavy atom. The minimum absolute atomic E-state index is 0. The van der Waals surface area contributed by atoms with Crippen molar-refractivity contribution in [3.05, 3.63) is 84.9 Å². The van der Waals surface area contributed by atoms with Gasteiger partial charge in [-0.2, -0.15) is 0 Å². The minimum Gasteiger partial charge on any atom is -0.744 e. The maximum atomic E-state index is 12.3. The Morgan fingerprint density at radius 2 is 0.837 bits per heavy atom. The third kappa shape index (κ3) is 4.99. The number of hydrogen-bond donors (Lipinski definition) is 1. The van der Waals surface area contributed by atoms with Gasteiger partial charge < -0.3 is 34.5 Å². The van der Waals surface area contributed by atoms with Crippen LogP contribution in [0.15, 0.2) is 94.7 Å². The molecule has 8 bridgehead atoms. The summed E-state index contributed by atoms with van der Waals surface area (Å²) in [6, 6.07) is 22.7. The van der Waals surface area contributed by atoms with E-state index >= 15 is 0 Å². The average Bonchev–Trinajstić information content (AvgIpc) is 3.79. The Hall–Kier alpha value is -5.42. The smallest absolute Gasteiger partial charge is 0.744 e. The summed E-state index contributed by atoms with van der Waals surface area (Å²) < 4.78 is 60.5. The molecule has 0 unspecified atom stereocenters. The van der Waals surface area contributed by atoms with Gasteiger partial charge in [0.15, 0.2) is 0 Å². The van der Waals surface area contributed by atoms with E-state index < -0.39 is 25.0 Å². The van der Waals surface area contributed by atoms with Crippen molar-refractivity contribution in [2.75, 3.05) is 0 Å². The van der Waals surface area contributed by atoms with E-state index in [1.807, 2.05) is 36.4 Å². The van der Waals surface area contributed by atoms with Gasteiger partial charge in [-0.3, -0.25) is 0 Å². The van der Waals surface area contributed by atoms with Gasteiger partial charge in [0.25, 0.3) is 0 Å². The Bertz CT molecular complexity index is 2780. The van der Waals surface area contributed by atoms with Gasteiger partial charge in [-0.1, -0.05) is 60.7 Å². The van der Waals surface area contributed by atoms with Gasteiger partial charge in [0.1, 0.15) is 10.1 Å². The summed E-state index contributed by atoms with van der Waals surface area (Å²) in [6.45, 7) is 0. The van der Waals surface area contributed by atoms with Crippen LogP contribution in [0.5, 0.6) is 0 Å². The van der Waals surface area contributed by atoms with E-state index in [1.165, 1.54) is 30.3 Å². The number of sulfonamides is 1. The molecule has 1 radical (unpaired) electrons. The van der Waals surface area contributed by atoms with Crippen LogP contribution in [0.25, 0.3) is 89.7 Å². The summed E-state index contributed by atoms with van der Waals surface area (Å²) in [5, 5.41) is 7.05. The predicted octanol–water partition coefficient (Wildman–Crippen LogP) is 3.68. The number of aromatic nitrogens is 8. The Morgan fingerprint density at radius 3 is 1.20 bits per heavy atom. The normalized spacial score (nSPS) is 12.4. The SMILES string of the molecule is NS(=O)(=O)c1ccc2c3nc4nc(nc5[n-]c(nc6nc(nc([n-]3)c2c1)-c1ccccc1-6)c1ccc(S(=O)(=O)[O-])cc51)-c1ccccc1-4.[Cu+2]. The fraction of sp³-hybridized carbons (Fsp3) is 0. The first kappa shape index (κ1) is 30.9. The average molecular weight is 734 g/mol. The van der Waals surface area contributed by atoms with Gasteiger partial charge in [0.2, 0.25) is 10.0 Å². The molecule has 0 atom stereocenters. The second-order valence-electron chi connectivity index (χ2n) is 11.0. The van der Waals surface area contributed by atoms with Gasteiger partial charge in [-0.25, -0.2) is 31.9 Å². The van der Waals surface area contributed by atoms with Crippen LogP contribution < -0.4 is 15.1 Å². The fourth-order valence-electron chi connectivity index (χ4n) is 5.85. The van der Waals surface area contributed by atoms with E-state index in [9.17, 15) is 21.4 Å². The molecule has 0 saturated heterocycles. The monoisotopic (exact) mass is 733 g/mol. The van der Waals surface area contributed by atoms with Crippen LogP contribution in [0, 0.1) is 0 Å². The number of nitrogens with two attached hydrogens (primary N) is 1. The van der Waals surface area contributed by atoms with Gasteiger partial charge >= 0.3 is 17.1 Å². The van der Waals surface area contributed by atoms with Crippen molar-refractivity contribution >= 4 is 64.3 Å². The molecule has 7 aromatic rings. The van der Waals surface area contributed by atoms with Crippen molar-refractivity contribution in [1.29, 1.82) is 0 Å². The number of fused-ring (bicyclic) bond motifs is 20. The predicted molar refractivity (Wildman–Crippen MR) is 173 cm³/mol. The molecule has 2 aliphatic rings. The first-order valence-electron chi connectivity index (χ1n) is 14.2. The first-order valence-corrected chi connectivity index (χ1v) is 17.1. The molecule has 0 spiro atoms. The number of hydrogen-bond acceptors (Lipinski definition) is 11. The zero-order valence-corrected chi connectivity index (χ0v) is 27.0. The van der Waals surface area contributed by atoms with Gasteiger partial charge in [0.05, 0.1) is 33.1 Å². The van der Waals surface area contributed by atoms with Gasteiger partial charge in [-0.05, 0) is 45.8 Å². The summed E-state index contributed by atoms with van der Waals surface area (Å²) >= 11 is 0. The largest absolute Gasteiger partial charge is 2.00 e. The summed E-state index contributed by atoms with van der Waals surface area (Å²) in [5.41, 5.74) is 3.16. The maximum absolute atomic E-state index is 12.3. The summed E-state index contributed by atoms with van der Waals surface area (Å²) in [4.78, 5) is 37.3. The number of nitrogens with zero attached hydrogens (tertiary/aromatic N) is 8. The van der Waals surface area contributed by atoms with Gasteiger partial charge in [0, 0.05) is 44.8 Å². The maximum Gasteiger partial charge on any atom is 2.00 e. The van der Waals surface area contributed by atoms with Crippen LogP contribution in [0.3, 0.4) is 0 Å². The van der Waals surface area contributed by atoms with Crippen LogP contribution in [0.2, 0.25) is 0 Å². The molecule has 0 fully saturated rings. The number of primary sulfonamides is 1. The molecule has 2 N–H and O–H groups in total. The minimum atomic E-state index is -4.79. The zero-order chi connectivity index (χ0) is 32.9. The Kier molecular flexibility index (Phi) is 6.80. The van der Waals surface area contributed by atoms with Crippen molar-refractivity contribution in [3.8, 4) is 45.6 Å². The van der Waals surface area contributed by atoms with Crippen LogP contribution in [-0.4, -0.2) is 51.3 Å². The quantitative estimate of drug-likeness (QED) is 0.198. The molecule has 0 saturated carbocycles. The molecule has 9 rings (SSSR count). The standard InChI is InChI=1S/C32H17N9O5S2.Cu/c33-47(42,43)15-9-11-21-23(13-15)31-38-27-19-7-3-1-5-17(19)26(34-27)37-30-22-12-10-16(48(44,45)46)14-24(22)32(41-30)39-28-20-8-4-2-6-18(20)25(35-28)36-29(21)40-31;/h1-14H,(H3-2,33,34,35,36,37,38,39,40,41,42,43,44,45,46);/q-2;+2/p-1. The summed E-state index contributed by atoms with van der Waals surface area (Å²) in [7, 11) is -8.85. The molecule has 4 aromatic carbocycles. The van der Waals surface area contributed by atoms with Crippen LogP contribution in [0.4, 0.5) is 0 Å². The van der Waals surface area contributed by atoms with Gasteiger partial charge in [-0.15, -0.1) is 0 Å². The molecule has 0 aliphatic carbocycles. The van der Waals surface area contributed by atoms with E-state index in [0.29, 0.717) is 38.4 Å². The van der Waals surface area contributed by atoms with E-state index in [4.69, 9.17) is 40.0 Å². The zero-order valence-electron chi connectivity index (χ0n) is 24.4. The molecule has 3 aromatic heterocycles. The van der Waals surface area contributed by atoms with E-state index in [2.05, 4.69) is 4.98 Å². The van der Waals surface area contributed by atoms with E-state index in [1.54, 1.807) is 18.2 Å². The van der Waals surface area contributed by atoms with Crippen molar-refractivity contribution in [1.82, 2.24) is 39.9 Å². The molecule has 49 heavy (non-hydrogen) atoms. The van der Waals surface area contributed by atoms with E-state index in [0.717, 1.165) is 0 Å². The molecular formula is C32H16CuN9O5S2-. The molecule has 2 aliphatic heterocycles. The van der Waals surface area contributed by atoms with E-state index in [-0.39, 0.29) is 73.2 Å². The summed E-state index contributed by atoms with van der Waals surface area (Å²) in [6.07, 6.45) is 0. The topological polar surface area (TPSA) is 223 Å². The molecule has 17 heteroatoms. The van der Waals surface area contributed by atoms with Crippen molar-refractivity contribution in [3.63, 3.8) is 0 Å². The second-order valence-corrected chi connectivity index (χ2v) is 13.9. The molecule has 5 heterocycles. The fourth-order valence-corrected chi connectivity index (χ4v) is 6.89. The first-order chi connectivity index (χ1) is 23.0. The van der Waals surface area contributed by atoms with Crippen molar-refractivity contribution in [2.45, 2.75) is 9.79 Å². The number of benzene rings is 4. The van der Waals surface area contributed by atoms with Crippen LogP contribution >= 0.6 is 0 Å². The Labute approximate surface area is 286 Å². The molecule has 14 nitrogen and oxygen atoms in total. The van der Waals surface area contributed by atoms with Crippen LogP contribution in [-0.2, 0) is 37.2 Å². The Balaban J connectivity index is 0.00000348. The molecular weight excluding hydrogens is 718 g/mol.